The summed E-state index contributed by atoms with van der Waals surface area (Å²) in [6, 6.07) is 9.53. The number of amides is 1. The highest BCUT2D eigenvalue weighted by molar-refractivity contribution is 7.19. The average Bonchev–Trinajstić information content (AvgIpc) is 3.43. The quantitative estimate of drug-likeness (QED) is 0.386. The molecule has 0 aliphatic heterocycles. The first-order valence-corrected chi connectivity index (χ1v) is 11.1. The van der Waals surface area contributed by atoms with Gasteiger partial charge in [-0.25, -0.2) is 9.97 Å². The highest BCUT2D eigenvalue weighted by Gasteiger charge is 2.29. The van der Waals surface area contributed by atoms with E-state index in [-0.39, 0.29) is 11.8 Å². The molecule has 1 amide bonds. The fourth-order valence-corrected chi connectivity index (χ4v) is 5.45. The largest absolute Gasteiger partial charge is 0.340 e. The Kier molecular flexibility index (Phi) is 4.50. The summed E-state index contributed by atoms with van der Waals surface area (Å²) in [5.74, 6) is 1.14. The van der Waals surface area contributed by atoms with Crippen LogP contribution in [0.5, 0.6) is 0 Å². The van der Waals surface area contributed by atoms with Crippen LogP contribution in [0, 0.1) is 5.92 Å². The predicted molar refractivity (Wildman–Crippen MR) is 123 cm³/mol. The monoisotopic (exact) mass is 442 g/mol. The van der Waals surface area contributed by atoms with Crippen LogP contribution in [0.15, 0.2) is 49.1 Å². The van der Waals surface area contributed by atoms with Crippen LogP contribution < -0.4 is 10.6 Å². The third-order valence-electron chi connectivity index (χ3n) is 5.74. The minimum Gasteiger partial charge on any atom is -0.340 e. The van der Waals surface area contributed by atoms with Crippen molar-refractivity contribution >= 4 is 55.7 Å². The number of aryl methyl sites for hydroxylation is 1. The number of anilines is 3. The number of benzene rings is 1. The molecule has 0 fully saturated rings. The van der Waals surface area contributed by atoms with Crippen LogP contribution in [-0.4, -0.2) is 36.3 Å². The Bertz CT molecular complexity index is 1440. The number of hydrogen-bond donors (Lipinski definition) is 3. The molecule has 10 heteroatoms. The summed E-state index contributed by atoms with van der Waals surface area (Å²) in [5.41, 5.74) is 3.17. The van der Waals surface area contributed by atoms with Gasteiger partial charge in [-0.1, -0.05) is 0 Å². The van der Waals surface area contributed by atoms with E-state index >= 15 is 0 Å². The van der Waals surface area contributed by atoms with Gasteiger partial charge in [-0.15, -0.1) is 16.4 Å². The molecule has 9 nitrogen and oxygen atoms in total. The number of nitrogens with zero attached hydrogens (tertiary/aromatic N) is 5. The van der Waals surface area contributed by atoms with Gasteiger partial charge in [-0.2, -0.15) is 10.2 Å². The van der Waals surface area contributed by atoms with Crippen molar-refractivity contribution in [1.29, 1.82) is 0 Å². The maximum Gasteiger partial charge on any atom is 0.229 e. The number of thiophene rings is 1. The van der Waals surface area contributed by atoms with Gasteiger partial charge in [0.15, 0.2) is 5.82 Å². The molecule has 1 atom stereocenters. The molecule has 5 aromatic rings. The molecular weight excluding hydrogens is 424 g/mol. The average molecular weight is 443 g/mol. The van der Waals surface area contributed by atoms with Crippen molar-refractivity contribution in [1.82, 2.24) is 30.4 Å². The number of aromatic amines is 1. The zero-order valence-corrected chi connectivity index (χ0v) is 17.7. The Balaban J connectivity index is 1.28. The highest BCUT2D eigenvalue weighted by Crippen LogP contribution is 2.40. The normalized spacial score (nSPS) is 15.6. The molecule has 1 aliphatic carbocycles. The molecule has 0 spiro atoms. The van der Waals surface area contributed by atoms with E-state index in [0.717, 1.165) is 45.5 Å². The Morgan fingerprint density at radius 2 is 2.19 bits per heavy atom. The summed E-state index contributed by atoms with van der Waals surface area (Å²) in [6.45, 7) is 0. The number of carbonyl (C=O) groups is 1. The first-order chi connectivity index (χ1) is 15.7. The van der Waals surface area contributed by atoms with Crippen LogP contribution in [0.4, 0.5) is 17.3 Å². The topological polar surface area (TPSA) is 121 Å². The van der Waals surface area contributed by atoms with E-state index in [1.807, 2.05) is 18.2 Å². The summed E-state index contributed by atoms with van der Waals surface area (Å²) in [5, 5.41) is 23.2. The molecule has 158 valence electrons. The van der Waals surface area contributed by atoms with Crippen LogP contribution in [0.1, 0.15) is 16.9 Å². The highest BCUT2D eigenvalue weighted by atomic mass is 32.1. The Labute approximate surface area is 186 Å². The molecule has 6 rings (SSSR count). The second-order valence-electron chi connectivity index (χ2n) is 7.74. The molecule has 0 radical (unpaired) electrons. The first-order valence-electron chi connectivity index (χ1n) is 10.3. The number of nitrogens with one attached hydrogen (secondary N) is 3. The van der Waals surface area contributed by atoms with E-state index in [0.29, 0.717) is 12.2 Å². The van der Waals surface area contributed by atoms with E-state index < -0.39 is 0 Å². The van der Waals surface area contributed by atoms with E-state index in [2.05, 4.69) is 41.0 Å². The van der Waals surface area contributed by atoms with E-state index in [1.54, 1.807) is 42.2 Å². The number of hydrogen-bond acceptors (Lipinski definition) is 8. The maximum absolute atomic E-state index is 12.8. The SMILES string of the molecule is O=C(Nc1cccnn1)C1CCc2c(sc3ncnc(Nc4ccc5[nH]ncc5c4)c23)C1. The minimum absolute atomic E-state index is 0.0218. The van der Waals surface area contributed by atoms with Crippen LogP contribution in [0.25, 0.3) is 21.1 Å². The minimum atomic E-state index is -0.106. The zero-order chi connectivity index (χ0) is 21.5. The Hall–Kier alpha value is -3.92. The zero-order valence-electron chi connectivity index (χ0n) is 16.9. The van der Waals surface area contributed by atoms with Gasteiger partial charge in [0.05, 0.1) is 17.1 Å². The van der Waals surface area contributed by atoms with Gasteiger partial charge >= 0.3 is 0 Å². The molecule has 0 saturated carbocycles. The second-order valence-corrected chi connectivity index (χ2v) is 8.82. The molecule has 1 unspecified atom stereocenters. The number of H-pyrrole nitrogens is 1. The first kappa shape index (κ1) is 18.8. The van der Waals surface area contributed by atoms with Gasteiger partial charge in [-0.05, 0) is 55.2 Å². The van der Waals surface area contributed by atoms with Crippen molar-refractivity contribution in [3.05, 3.63) is 59.5 Å². The van der Waals surface area contributed by atoms with Crippen molar-refractivity contribution in [3.63, 3.8) is 0 Å². The van der Waals surface area contributed by atoms with Gasteiger partial charge in [0.2, 0.25) is 5.91 Å². The van der Waals surface area contributed by atoms with Gasteiger partial charge in [0.25, 0.3) is 0 Å². The summed E-state index contributed by atoms with van der Waals surface area (Å²) in [6.07, 6.45) is 7.22. The molecular formula is C22H18N8OS. The molecule has 0 bridgehead atoms. The van der Waals surface area contributed by atoms with Crippen LogP contribution in [0.2, 0.25) is 0 Å². The second kappa shape index (κ2) is 7.65. The van der Waals surface area contributed by atoms with Gasteiger partial charge in [0, 0.05) is 28.1 Å². The van der Waals surface area contributed by atoms with Gasteiger partial charge in [0.1, 0.15) is 17.0 Å². The van der Waals surface area contributed by atoms with Crippen LogP contribution in [-0.2, 0) is 17.6 Å². The number of aromatic nitrogens is 6. The molecule has 1 aromatic carbocycles. The molecule has 3 N–H and O–H groups in total. The molecule has 0 saturated heterocycles. The summed E-state index contributed by atoms with van der Waals surface area (Å²) >= 11 is 1.64. The summed E-state index contributed by atoms with van der Waals surface area (Å²) in [4.78, 5) is 23.9. The fourth-order valence-electron chi connectivity index (χ4n) is 4.18. The number of fused-ring (bicyclic) bond motifs is 4. The maximum atomic E-state index is 12.8. The lowest BCUT2D eigenvalue weighted by molar-refractivity contribution is -0.120. The smallest absolute Gasteiger partial charge is 0.229 e. The van der Waals surface area contributed by atoms with E-state index in [9.17, 15) is 4.79 Å². The van der Waals surface area contributed by atoms with Crippen LogP contribution >= 0.6 is 11.3 Å². The summed E-state index contributed by atoms with van der Waals surface area (Å²) < 4.78 is 0. The molecule has 4 aromatic heterocycles. The van der Waals surface area contributed by atoms with Crippen molar-refractivity contribution in [3.8, 4) is 0 Å². The van der Waals surface area contributed by atoms with Crippen molar-refractivity contribution in [2.75, 3.05) is 10.6 Å². The third kappa shape index (κ3) is 3.34. The van der Waals surface area contributed by atoms with Crippen molar-refractivity contribution in [2.45, 2.75) is 19.3 Å². The third-order valence-corrected chi connectivity index (χ3v) is 6.90. The molecule has 1 aliphatic rings. The van der Waals surface area contributed by atoms with E-state index in [1.165, 1.54) is 10.4 Å². The van der Waals surface area contributed by atoms with Crippen LogP contribution in [0.3, 0.4) is 0 Å². The number of carbonyl (C=O) groups excluding carboxylic acids is 1. The Morgan fingerprint density at radius 3 is 3.09 bits per heavy atom. The molecule has 4 heterocycles. The Morgan fingerprint density at radius 1 is 1.22 bits per heavy atom. The van der Waals surface area contributed by atoms with E-state index in [4.69, 9.17) is 0 Å². The lowest BCUT2D eigenvalue weighted by atomic mass is 9.87. The van der Waals surface area contributed by atoms with Gasteiger partial charge < -0.3 is 10.6 Å². The lowest BCUT2D eigenvalue weighted by Gasteiger charge is -2.21. The lowest BCUT2D eigenvalue weighted by Crippen LogP contribution is -2.28. The standard InChI is InChI=1S/C22H18N8OS/c31-21(28-18-2-1-7-25-30-18)12-3-5-15-17(9-12)32-22-19(15)20(23-11-24-22)27-14-4-6-16-13(8-14)10-26-29-16/h1-2,4,6-8,10-12H,3,5,9H2,(H,26,29)(H,23,24,27)(H,28,30,31). The summed E-state index contributed by atoms with van der Waals surface area (Å²) in [7, 11) is 0. The fraction of sp³-hybridized carbons (Fsp3) is 0.182. The van der Waals surface area contributed by atoms with Crippen molar-refractivity contribution in [2.24, 2.45) is 5.92 Å². The number of rotatable bonds is 4. The predicted octanol–water partition coefficient (Wildman–Crippen LogP) is 3.84. The molecule has 32 heavy (non-hydrogen) atoms. The van der Waals surface area contributed by atoms with Crippen molar-refractivity contribution < 1.29 is 4.79 Å². The van der Waals surface area contributed by atoms with Gasteiger partial charge in [-0.3, -0.25) is 9.89 Å².